The van der Waals surface area contributed by atoms with Gasteiger partial charge in [-0.25, -0.2) is 4.79 Å². The highest BCUT2D eigenvalue weighted by Gasteiger charge is 2.33. The molecule has 0 aliphatic heterocycles. The van der Waals surface area contributed by atoms with Crippen molar-refractivity contribution in [1.29, 1.82) is 0 Å². The van der Waals surface area contributed by atoms with Crippen LogP contribution in [0.25, 0.3) is 0 Å². The molecule has 0 radical (unpaired) electrons. The number of methoxy groups -OCH3 is 2. The predicted molar refractivity (Wildman–Crippen MR) is 106 cm³/mol. The molecule has 2 aromatic rings. The fourth-order valence-electron chi connectivity index (χ4n) is 3.95. The van der Waals surface area contributed by atoms with Crippen molar-refractivity contribution < 1.29 is 23.8 Å². The highest BCUT2D eigenvalue weighted by atomic mass is 16.5. The zero-order valence-corrected chi connectivity index (χ0v) is 16.9. The van der Waals surface area contributed by atoms with E-state index in [9.17, 15) is 9.59 Å². The van der Waals surface area contributed by atoms with Gasteiger partial charge in [0, 0.05) is 17.7 Å². The maximum Gasteiger partial charge on any atom is 0.355 e. The number of aromatic amines is 1. The van der Waals surface area contributed by atoms with E-state index < -0.39 is 5.97 Å². The largest absolute Gasteiger partial charge is 0.493 e. The SMILES string of the molecule is CCCc1c(C(=O)OCC)[nH]c2c1C(=O)C[C@H](c1ccc(OC)c(OC)c1)C2. The molecule has 0 bridgehead atoms. The van der Waals surface area contributed by atoms with Crippen LogP contribution in [-0.4, -0.2) is 37.6 Å². The van der Waals surface area contributed by atoms with Gasteiger partial charge in [-0.15, -0.1) is 0 Å². The van der Waals surface area contributed by atoms with Crippen LogP contribution in [-0.2, 0) is 17.6 Å². The number of esters is 1. The summed E-state index contributed by atoms with van der Waals surface area (Å²) in [5, 5.41) is 0. The Balaban J connectivity index is 1.98. The minimum Gasteiger partial charge on any atom is -0.493 e. The number of nitrogens with one attached hydrogen (secondary N) is 1. The molecule has 1 N–H and O–H groups in total. The van der Waals surface area contributed by atoms with Crippen molar-refractivity contribution in [3.05, 3.63) is 46.3 Å². The predicted octanol–water partition coefficient (Wildman–Crippen LogP) is 4.07. The average molecular weight is 385 g/mol. The molecule has 6 heteroatoms. The minimum atomic E-state index is -0.393. The lowest BCUT2D eigenvalue weighted by Gasteiger charge is -2.23. The van der Waals surface area contributed by atoms with Gasteiger partial charge in [-0.2, -0.15) is 0 Å². The maximum absolute atomic E-state index is 13.0. The number of carbonyl (C=O) groups excluding carboxylic acids is 2. The van der Waals surface area contributed by atoms with Crippen LogP contribution in [0, 0.1) is 0 Å². The number of aromatic nitrogens is 1. The minimum absolute atomic E-state index is 0.0166. The number of fused-ring (bicyclic) bond motifs is 1. The molecule has 1 aromatic heterocycles. The second kappa shape index (κ2) is 8.50. The van der Waals surface area contributed by atoms with E-state index in [0.29, 0.717) is 48.6 Å². The number of carbonyl (C=O) groups is 2. The Bertz CT molecular complexity index is 883. The fraction of sp³-hybridized carbons (Fsp3) is 0.455. The summed E-state index contributed by atoms with van der Waals surface area (Å²) in [6, 6.07) is 5.74. The van der Waals surface area contributed by atoms with Crippen LogP contribution in [0.4, 0.5) is 0 Å². The second-order valence-electron chi connectivity index (χ2n) is 6.95. The van der Waals surface area contributed by atoms with Crippen molar-refractivity contribution in [2.45, 2.75) is 45.4 Å². The van der Waals surface area contributed by atoms with Crippen molar-refractivity contribution in [2.24, 2.45) is 0 Å². The molecule has 1 heterocycles. The number of benzene rings is 1. The van der Waals surface area contributed by atoms with Crippen molar-refractivity contribution in [1.82, 2.24) is 4.98 Å². The Hall–Kier alpha value is -2.76. The first-order chi connectivity index (χ1) is 13.5. The van der Waals surface area contributed by atoms with E-state index in [-0.39, 0.29) is 11.7 Å². The molecule has 1 aromatic carbocycles. The lowest BCUT2D eigenvalue weighted by molar-refractivity contribution is 0.0518. The first kappa shape index (κ1) is 20.0. The lowest BCUT2D eigenvalue weighted by atomic mass is 9.81. The molecule has 0 spiro atoms. The number of H-pyrrole nitrogens is 1. The topological polar surface area (TPSA) is 77.6 Å². The van der Waals surface area contributed by atoms with Gasteiger partial charge in [-0.05, 0) is 48.9 Å². The Morgan fingerprint density at radius 1 is 1.14 bits per heavy atom. The number of hydrogen-bond donors (Lipinski definition) is 1. The molecule has 0 unspecified atom stereocenters. The molecule has 0 saturated heterocycles. The van der Waals surface area contributed by atoms with Gasteiger partial charge >= 0.3 is 5.97 Å². The van der Waals surface area contributed by atoms with Crippen LogP contribution in [0.5, 0.6) is 11.5 Å². The summed E-state index contributed by atoms with van der Waals surface area (Å²) in [6.45, 7) is 4.11. The Morgan fingerprint density at radius 3 is 2.54 bits per heavy atom. The Labute approximate surface area is 165 Å². The smallest absolute Gasteiger partial charge is 0.355 e. The quantitative estimate of drug-likeness (QED) is 0.727. The van der Waals surface area contributed by atoms with Crippen molar-refractivity contribution in [3.8, 4) is 11.5 Å². The molecule has 1 aliphatic rings. The van der Waals surface area contributed by atoms with Gasteiger partial charge in [0.2, 0.25) is 0 Å². The number of ketones is 1. The van der Waals surface area contributed by atoms with E-state index in [2.05, 4.69) is 4.98 Å². The molecule has 28 heavy (non-hydrogen) atoms. The summed E-state index contributed by atoms with van der Waals surface area (Å²) >= 11 is 0. The molecule has 3 rings (SSSR count). The van der Waals surface area contributed by atoms with E-state index in [1.165, 1.54) is 0 Å². The lowest BCUT2D eigenvalue weighted by Crippen LogP contribution is -2.19. The van der Waals surface area contributed by atoms with Crippen LogP contribution in [0.1, 0.15) is 70.3 Å². The third-order valence-corrected chi connectivity index (χ3v) is 5.20. The summed E-state index contributed by atoms with van der Waals surface area (Å²) in [5.74, 6) is 0.988. The van der Waals surface area contributed by atoms with Gasteiger partial charge in [0.05, 0.1) is 20.8 Å². The molecular weight excluding hydrogens is 358 g/mol. The van der Waals surface area contributed by atoms with Crippen molar-refractivity contribution in [2.75, 3.05) is 20.8 Å². The summed E-state index contributed by atoms with van der Waals surface area (Å²) in [4.78, 5) is 28.6. The summed E-state index contributed by atoms with van der Waals surface area (Å²) < 4.78 is 15.9. The van der Waals surface area contributed by atoms with E-state index in [1.807, 2.05) is 25.1 Å². The van der Waals surface area contributed by atoms with E-state index in [1.54, 1.807) is 21.1 Å². The van der Waals surface area contributed by atoms with Crippen molar-refractivity contribution >= 4 is 11.8 Å². The Kier molecular flexibility index (Phi) is 6.07. The molecule has 0 fully saturated rings. The average Bonchev–Trinajstić information content (AvgIpc) is 3.07. The summed E-state index contributed by atoms with van der Waals surface area (Å²) in [6.07, 6.45) is 2.59. The van der Waals surface area contributed by atoms with Crippen LogP contribution in [0.2, 0.25) is 0 Å². The number of ether oxygens (including phenoxy) is 3. The third kappa shape index (κ3) is 3.63. The van der Waals surface area contributed by atoms with Crippen LogP contribution in [0.15, 0.2) is 18.2 Å². The van der Waals surface area contributed by atoms with Gasteiger partial charge < -0.3 is 19.2 Å². The van der Waals surface area contributed by atoms with Gasteiger partial charge in [0.1, 0.15) is 5.69 Å². The highest BCUT2D eigenvalue weighted by molar-refractivity contribution is 6.03. The zero-order valence-electron chi connectivity index (χ0n) is 16.9. The first-order valence-corrected chi connectivity index (χ1v) is 9.69. The zero-order chi connectivity index (χ0) is 20.3. The van der Waals surface area contributed by atoms with Gasteiger partial charge in [-0.1, -0.05) is 19.4 Å². The number of Topliss-reactive ketones (excluding diaryl/α,β-unsaturated/α-hetero) is 1. The molecule has 0 saturated carbocycles. The van der Waals surface area contributed by atoms with Crippen molar-refractivity contribution in [3.63, 3.8) is 0 Å². The van der Waals surface area contributed by atoms with Crippen LogP contribution in [0.3, 0.4) is 0 Å². The van der Waals surface area contributed by atoms with E-state index >= 15 is 0 Å². The fourth-order valence-corrected chi connectivity index (χ4v) is 3.95. The highest BCUT2D eigenvalue weighted by Crippen LogP contribution is 2.38. The molecule has 0 amide bonds. The molecule has 1 aliphatic carbocycles. The molecule has 150 valence electrons. The number of rotatable bonds is 7. The van der Waals surface area contributed by atoms with E-state index in [0.717, 1.165) is 23.2 Å². The Morgan fingerprint density at radius 2 is 1.89 bits per heavy atom. The van der Waals surface area contributed by atoms with Crippen LogP contribution < -0.4 is 9.47 Å². The van der Waals surface area contributed by atoms with Crippen LogP contribution >= 0.6 is 0 Å². The molecular formula is C22H27NO5. The molecule has 1 atom stereocenters. The summed E-state index contributed by atoms with van der Waals surface area (Å²) in [7, 11) is 3.19. The number of hydrogen-bond acceptors (Lipinski definition) is 5. The monoisotopic (exact) mass is 385 g/mol. The normalized spacial score (nSPS) is 15.9. The summed E-state index contributed by atoms with van der Waals surface area (Å²) in [5.41, 5.74) is 3.74. The second-order valence-corrected chi connectivity index (χ2v) is 6.95. The molecule has 6 nitrogen and oxygen atoms in total. The van der Waals surface area contributed by atoms with Gasteiger partial charge in [0.25, 0.3) is 0 Å². The maximum atomic E-state index is 13.0. The van der Waals surface area contributed by atoms with E-state index in [4.69, 9.17) is 14.2 Å². The first-order valence-electron chi connectivity index (χ1n) is 9.69. The van der Waals surface area contributed by atoms with Gasteiger partial charge in [0.15, 0.2) is 17.3 Å². The van der Waals surface area contributed by atoms with Gasteiger partial charge in [-0.3, -0.25) is 4.79 Å². The third-order valence-electron chi connectivity index (χ3n) is 5.20. The standard InChI is InChI=1S/C22H27NO5/c1-5-7-15-20-16(23-21(15)22(25)28-6-2)10-14(11-17(20)24)13-8-9-18(26-3)19(12-13)27-4/h8-9,12,14,23H,5-7,10-11H2,1-4H3/t14-/m1/s1.